The highest BCUT2D eigenvalue weighted by Gasteiger charge is 2.18. The molecule has 1 aliphatic rings. The zero-order valence-corrected chi connectivity index (χ0v) is 16.1. The zero-order chi connectivity index (χ0) is 17.9. The summed E-state index contributed by atoms with van der Waals surface area (Å²) in [6, 6.07) is 5.52. The minimum Gasteiger partial charge on any atom is -0.355 e. The van der Waals surface area contributed by atoms with Crippen molar-refractivity contribution < 1.29 is 9.32 Å². The zero-order valence-electron chi connectivity index (χ0n) is 14.5. The Morgan fingerprint density at radius 1 is 1.38 bits per heavy atom. The number of carbonyl (C=O) groups is 1. The molecule has 0 aliphatic carbocycles. The highest BCUT2D eigenvalue weighted by atomic mass is 32.1. The van der Waals surface area contributed by atoms with E-state index in [1.807, 2.05) is 22.9 Å². The Bertz CT molecular complexity index is 864. The lowest BCUT2D eigenvalue weighted by Crippen LogP contribution is -2.32. The molecule has 1 N–H and O–H groups in total. The maximum atomic E-state index is 12.4. The molecular weight excluding hydrogens is 368 g/mol. The molecule has 4 rings (SSSR count). The lowest BCUT2D eigenvalue weighted by atomic mass is 9.99. The molecule has 136 valence electrons. The van der Waals surface area contributed by atoms with Crippen LogP contribution in [0.5, 0.6) is 0 Å². The Morgan fingerprint density at radius 2 is 2.23 bits per heavy atom. The van der Waals surface area contributed by atoms with Gasteiger partial charge in [0.15, 0.2) is 16.6 Å². The molecule has 1 amide bonds. The van der Waals surface area contributed by atoms with E-state index in [1.54, 1.807) is 17.4 Å². The number of hydrogen-bond donors (Lipinski definition) is 1. The average Bonchev–Trinajstić information content (AvgIpc) is 3.38. The molecule has 0 aromatic carbocycles. The molecule has 1 aliphatic heterocycles. The van der Waals surface area contributed by atoms with Gasteiger partial charge in [0.05, 0.1) is 10.6 Å². The van der Waals surface area contributed by atoms with Crippen molar-refractivity contribution in [1.29, 1.82) is 0 Å². The molecule has 3 aromatic rings. The second-order valence-corrected chi connectivity index (χ2v) is 8.42. The number of thiophene rings is 1. The molecule has 0 saturated carbocycles. The fraction of sp³-hybridized carbons (Fsp3) is 0.389. The van der Waals surface area contributed by atoms with Crippen LogP contribution in [0.15, 0.2) is 33.5 Å². The molecule has 4 heterocycles. The van der Waals surface area contributed by atoms with Crippen LogP contribution in [-0.2, 0) is 6.54 Å². The molecule has 1 saturated heterocycles. The first-order valence-corrected chi connectivity index (χ1v) is 10.4. The second kappa shape index (κ2) is 7.69. The van der Waals surface area contributed by atoms with E-state index in [4.69, 9.17) is 4.52 Å². The number of nitrogens with zero attached hydrogens (tertiary/aromatic N) is 3. The van der Waals surface area contributed by atoms with E-state index in [0.717, 1.165) is 36.1 Å². The smallest absolute Gasteiger partial charge is 0.279 e. The maximum absolute atomic E-state index is 12.4. The first-order chi connectivity index (χ1) is 12.7. The highest BCUT2D eigenvalue weighted by molar-refractivity contribution is 7.14. The molecule has 0 atom stereocenters. The van der Waals surface area contributed by atoms with Crippen molar-refractivity contribution in [2.75, 3.05) is 18.4 Å². The van der Waals surface area contributed by atoms with Gasteiger partial charge >= 0.3 is 0 Å². The van der Waals surface area contributed by atoms with Gasteiger partial charge in [-0.3, -0.25) is 15.0 Å². The number of anilines is 1. The van der Waals surface area contributed by atoms with Crippen LogP contribution in [0.4, 0.5) is 5.13 Å². The average molecular weight is 389 g/mol. The summed E-state index contributed by atoms with van der Waals surface area (Å²) in [6.45, 7) is 5.38. The summed E-state index contributed by atoms with van der Waals surface area (Å²) >= 11 is 2.98. The van der Waals surface area contributed by atoms with Gasteiger partial charge in [0.25, 0.3) is 5.91 Å². The quantitative estimate of drug-likeness (QED) is 0.704. The van der Waals surface area contributed by atoms with Crippen LogP contribution in [0.1, 0.15) is 35.9 Å². The Balaban J connectivity index is 1.36. The molecule has 26 heavy (non-hydrogen) atoms. The Morgan fingerprint density at radius 3 is 3.00 bits per heavy atom. The first kappa shape index (κ1) is 17.4. The number of likely N-dealkylation sites (tertiary alicyclic amines) is 1. The number of carbonyl (C=O) groups excluding carboxylic acids is 1. The van der Waals surface area contributed by atoms with Gasteiger partial charge in [-0.25, -0.2) is 4.98 Å². The molecule has 1 fully saturated rings. The third-order valence-corrected chi connectivity index (χ3v) is 6.23. The summed E-state index contributed by atoms with van der Waals surface area (Å²) < 4.78 is 5.26. The molecule has 0 radical (unpaired) electrons. The number of thiazole rings is 1. The fourth-order valence-corrected chi connectivity index (χ4v) is 4.33. The lowest BCUT2D eigenvalue weighted by molar-refractivity contribution is 0.101. The van der Waals surface area contributed by atoms with Crippen molar-refractivity contribution >= 4 is 33.7 Å². The first-order valence-electron chi connectivity index (χ1n) is 8.66. The van der Waals surface area contributed by atoms with E-state index in [0.29, 0.717) is 10.9 Å². The Kier molecular flexibility index (Phi) is 5.14. The third-order valence-electron chi connectivity index (χ3n) is 4.54. The standard InChI is InChI=1S/C18H20N4O2S2/c1-12-4-6-22(7-5-12)10-13-11-26-18(19-13)20-17(23)14-9-15(24-21-14)16-3-2-8-25-16/h2-3,8-9,11-12H,4-7,10H2,1H3,(H,19,20,23). The van der Waals surface area contributed by atoms with Crippen molar-refractivity contribution in [3.05, 3.63) is 40.3 Å². The topological polar surface area (TPSA) is 71.3 Å². The van der Waals surface area contributed by atoms with Gasteiger partial charge in [0, 0.05) is 18.0 Å². The summed E-state index contributed by atoms with van der Waals surface area (Å²) in [7, 11) is 0. The number of hydrogen-bond acceptors (Lipinski definition) is 7. The normalized spacial score (nSPS) is 16.0. The van der Waals surface area contributed by atoms with Gasteiger partial charge in [0.2, 0.25) is 0 Å². The largest absolute Gasteiger partial charge is 0.355 e. The van der Waals surface area contributed by atoms with Crippen LogP contribution >= 0.6 is 22.7 Å². The molecule has 8 heteroatoms. The summed E-state index contributed by atoms with van der Waals surface area (Å²) in [4.78, 5) is 20.3. The molecular formula is C18H20N4O2S2. The van der Waals surface area contributed by atoms with Crippen LogP contribution in [0, 0.1) is 5.92 Å². The van der Waals surface area contributed by atoms with Crippen LogP contribution in [0.3, 0.4) is 0 Å². The van der Waals surface area contributed by atoms with E-state index in [9.17, 15) is 4.79 Å². The van der Waals surface area contributed by atoms with Gasteiger partial charge in [-0.05, 0) is 43.3 Å². The molecule has 3 aromatic heterocycles. The van der Waals surface area contributed by atoms with Crippen molar-refractivity contribution in [1.82, 2.24) is 15.0 Å². The van der Waals surface area contributed by atoms with E-state index in [1.165, 1.54) is 24.2 Å². The summed E-state index contributed by atoms with van der Waals surface area (Å²) in [5.74, 6) is 1.12. The minimum absolute atomic E-state index is 0.259. The van der Waals surface area contributed by atoms with Gasteiger partial charge in [-0.1, -0.05) is 18.1 Å². The number of aromatic nitrogens is 2. The number of nitrogens with one attached hydrogen (secondary N) is 1. The number of piperidine rings is 1. The maximum Gasteiger partial charge on any atom is 0.279 e. The predicted molar refractivity (Wildman–Crippen MR) is 104 cm³/mol. The summed E-state index contributed by atoms with van der Waals surface area (Å²) in [6.07, 6.45) is 2.49. The van der Waals surface area contributed by atoms with Crippen molar-refractivity contribution in [2.45, 2.75) is 26.3 Å². The van der Waals surface area contributed by atoms with Gasteiger partial charge in [-0.2, -0.15) is 0 Å². The lowest BCUT2D eigenvalue weighted by Gasteiger charge is -2.29. The van der Waals surface area contributed by atoms with Crippen LogP contribution in [-0.4, -0.2) is 34.0 Å². The van der Waals surface area contributed by atoms with Gasteiger partial charge in [0.1, 0.15) is 0 Å². The highest BCUT2D eigenvalue weighted by Crippen LogP contribution is 2.26. The van der Waals surface area contributed by atoms with Gasteiger partial charge in [-0.15, -0.1) is 22.7 Å². The van der Waals surface area contributed by atoms with Crippen LogP contribution in [0.2, 0.25) is 0 Å². The number of rotatable bonds is 5. The van der Waals surface area contributed by atoms with E-state index in [2.05, 4.69) is 27.3 Å². The minimum atomic E-state index is -0.302. The third kappa shape index (κ3) is 4.03. The second-order valence-electron chi connectivity index (χ2n) is 6.61. The SMILES string of the molecule is CC1CCN(Cc2csc(NC(=O)c3cc(-c4cccs4)on3)n2)CC1. The summed E-state index contributed by atoms with van der Waals surface area (Å²) in [5.41, 5.74) is 1.26. The molecule has 0 bridgehead atoms. The van der Waals surface area contributed by atoms with Crippen molar-refractivity contribution in [3.63, 3.8) is 0 Å². The van der Waals surface area contributed by atoms with E-state index in [-0.39, 0.29) is 11.6 Å². The Labute approximate surface area is 159 Å². The Hall–Kier alpha value is -2.03. The molecule has 0 unspecified atom stereocenters. The van der Waals surface area contributed by atoms with Crippen LogP contribution < -0.4 is 5.32 Å². The van der Waals surface area contributed by atoms with Gasteiger partial charge < -0.3 is 4.52 Å². The van der Waals surface area contributed by atoms with E-state index >= 15 is 0 Å². The predicted octanol–water partition coefficient (Wildman–Crippen LogP) is 4.34. The van der Waals surface area contributed by atoms with Crippen molar-refractivity contribution in [3.8, 4) is 10.6 Å². The fourth-order valence-electron chi connectivity index (χ4n) is 2.96. The van der Waals surface area contributed by atoms with Crippen LogP contribution in [0.25, 0.3) is 10.6 Å². The monoisotopic (exact) mass is 388 g/mol. The van der Waals surface area contributed by atoms with E-state index < -0.39 is 0 Å². The molecule has 0 spiro atoms. The molecule has 6 nitrogen and oxygen atoms in total. The number of amides is 1. The summed E-state index contributed by atoms with van der Waals surface area (Å²) in [5, 5.41) is 11.2. The van der Waals surface area contributed by atoms with Crippen molar-refractivity contribution in [2.24, 2.45) is 5.92 Å².